The zero-order valence-electron chi connectivity index (χ0n) is 9.47. The number of hydrogen-bond acceptors (Lipinski definition) is 4. The van der Waals surface area contributed by atoms with Gasteiger partial charge in [-0.15, -0.1) is 11.3 Å². The molecule has 0 radical (unpaired) electrons. The summed E-state index contributed by atoms with van der Waals surface area (Å²) < 4.78 is 1.81. The maximum absolute atomic E-state index is 5.59. The molecule has 0 saturated carbocycles. The summed E-state index contributed by atoms with van der Waals surface area (Å²) in [5.74, 6) is 5.59. The molecule has 0 bridgehead atoms. The first kappa shape index (κ1) is 11.3. The van der Waals surface area contributed by atoms with Gasteiger partial charge >= 0.3 is 0 Å². The van der Waals surface area contributed by atoms with Crippen molar-refractivity contribution in [1.82, 2.24) is 15.2 Å². The van der Waals surface area contributed by atoms with Crippen molar-refractivity contribution < 1.29 is 0 Å². The Bertz CT molecular complexity index is 460. The highest BCUT2D eigenvalue weighted by Gasteiger charge is 2.13. The number of aryl methyl sites for hydroxylation is 2. The molecular weight excluding hydrogens is 220 g/mol. The van der Waals surface area contributed by atoms with Crippen molar-refractivity contribution in [3.8, 4) is 0 Å². The van der Waals surface area contributed by atoms with Gasteiger partial charge in [-0.05, 0) is 25.1 Å². The number of rotatable bonds is 4. The second-order valence-corrected chi connectivity index (χ2v) is 5.17. The van der Waals surface area contributed by atoms with Crippen molar-refractivity contribution in [2.45, 2.75) is 19.4 Å². The number of hydrazine groups is 1. The van der Waals surface area contributed by atoms with E-state index in [-0.39, 0.29) is 6.04 Å². The number of hydrogen-bond donors (Lipinski definition) is 2. The number of nitrogens with two attached hydrogens (primary N) is 1. The molecule has 1 atom stereocenters. The van der Waals surface area contributed by atoms with Crippen LogP contribution in [-0.4, -0.2) is 9.78 Å². The summed E-state index contributed by atoms with van der Waals surface area (Å²) in [4.78, 5) is 2.56. The molecule has 0 aliphatic heterocycles. The van der Waals surface area contributed by atoms with Crippen LogP contribution in [0.25, 0.3) is 0 Å². The zero-order valence-corrected chi connectivity index (χ0v) is 10.3. The van der Waals surface area contributed by atoms with Crippen LogP contribution in [0.1, 0.15) is 21.5 Å². The van der Waals surface area contributed by atoms with Gasteiger partial charge in [0.05, 0.1) is 11.7 Å². The predicted molar refractivity (Wildman–Crippen MR) is 66.0 cm³/mol. The summed E-state index contributed by atoms with van der Waals surface area (Å²) in [6.45, 7) is 2.10. The summed E-state index contributed by atoms with van der Waals surface area (Å²) in [7, 11) is 1.92. The van der Waals surface area contributed by atoms with Gasteiger partial charge in [0.2, 0.25) is 0 Å². The number of aromatic nitrogens is 2. The fourth-order valence-corrected chi connectivity index (χ4v) is 2.60. The van der Waals surface area contributed by atoms with Gasteiger partial charge in [-0.1, -0.05) is 0 Å². The summed E-state index contributed by atoms with van der Waals surface area (Å²) in [6.07, 6.45) is 2.76. The van der Waals surface area contributed by atoms with Crippen molar-refractivity contribution in [2.75, 3.05) is 0 Å². The van der Waals surface area contributed by atoms with Crippen LogP contribution in [0.3, 0.4) is 0 Å². The van der Waals surface area contributed by atoms with Crippen molar-refractivity contribution in [3.63, 3.8) is 0 Å². The van der Waals surface area contributed by atoms with Gasteiger partial charge in [0.25, 0.3) is 0 Å². The lowest BCUT2D eigenvalue weighted by atomic mass is 10.1. The SMILES string of the molecule is Cc1ccc(C(Cc2ccn(C)n2)NN)s1. The van der Waals surface area contributed by atoms with E-state index >= 15 is 0 Å². The van der Waals surface area contributed by atoms with Crippen LogP contribution in [0, 0.1) is 6.92 Å². The Labute approximate surface area is 99.1 Å². The minimum absolute atomic E-state index is 0.147. The van der Waals surface area contributed by atoms with Crippen molar-refractivity contribution in [1.29, 1.82) is 0 Å². The van der Waals surface area contributed by atoms with E-state index in [0.29, 0.717) is 0 Å². The molecule has 86 valence electrons. The van der Waals surface area contributed by atoms with E-state index < -0.39 is 0 Å². The molecule has 4 nitrogen and oxygen atoms in total. The molecule has 2 heterocycles. The van der Waals surface area contributed by atoms with Gasteiger partial charge in [0.1, 0.15) is 0 Å². The highest BCUT2D eigenvalue weighted by atomic mass is 32.1. The fraction of sp³-hybridized carbons (Fsp3) is 0.364. The normalized spacial score (nSPS) is 12.9. The standard InChI is InChI=1S/C11H16N4S/c1-8-3-4-11(16-8)10(13-12)7-9-5-6-15(2)14-9/h3-6,10,13H,7,12H2,1-2H3. The Balaban J connectivity index is 2.12. The molecule has 16 heavy (non-hydrogen) atoms. The lowest BCUT2D eigenvalue weighted by Gasteiger charge is -2.12. The van der Waals surface area contributed by atoms with Crippen LogP contribution in [0.5, 0.6) is 0 Å². The lowest BCUT2D eigenvalue weighted by Crippen LogP contribution is -2.29. The van der Waals surface area contributed by atoms with E-state index in [1.807, 2.05) is 24.0 Å². The molecule has 0 amide bonds. The maximum atomic E-state index is 5.59. The van der Waals surface area contributed by atoms with Crippen molar-refractivity contribution in [2.24, 2.45) is 12.9 Å². The lowest BCUT2D eigenvalue weighted by molar-refractivity contribution is 0.549. The molecule has 2 rings (SSSR count). The van der Waals surface area contributed by atoms with Gasteiger partial charge in [-0.3, -0.25) is 16.0 Å². The first-order valence-electron chi connectivity index (χ1n) is 5.20. The summed E-state index contributed by atoms with van der Waals surface area (Å²) in [6, 6.07) is 6.40. The Morgan fingerprint density at radius 1 is 1.50 bits per heavy atom. The molecule has 5 heteroatoms. The minimum atomic E-state index is 0.147. The molecule has 2 aromatic rings. The van der Waals surface area contributed by atoms with Crippen LogP contribution in [-0.2, 0) is 13.5 Å². The van der Waals surface area contributed by atoms with E-state index in [2.05, 4.69) is 29.6 Å². The van der Waals surface area contributed by atoms with Gasteiger partial charge in [-0.25, -0.2) is 0 Å². The highest BCUT2D eigenvalue weighted by Crippen LogP contribution is 2.24. The Morgan fingerprint density at radius 2 is 2.31 bits per heavy atom. The minimum Gasteiger partial charge on any atom is -0.276 e. The van der Waals surface area contributed by atoms with Gasteiger partial charge < -0.3 is 0 Å². The highest BCUT2D eigenvalue weighted by molar-refractivity contribution is 7.12. The molecule has 0 spiro atoms. The monoisotopic (exact) mass is 236 g/mol. The largest absolute Gasteiger partial charge is 0.276 e. The van der Waals surface area contributed by atoms with Gasteiger partial charge in [0.15, 0.2) is 0 Å². The first-order chi connectivity index (χ1) is 7.69. The zero-order chi connectivity index (χ0) is 11.5. The smallest absolute Gasteiger partial charge is 0.0644 e. The average molecular weight is 236 g/mol. The second-order valence-electron chi connectivity index (χ2n) is 3.85. The maximum Gasteiger partial charge on any atom is 0.0644 e. The molecule has 1 unspecified atom stereocenters. The van der Waals surface area contributed by atoms with Crippen LogP contribution >= 0.6 is 11.3 Å². The van der Waals surface area contributed by atoms with Crippen molar-refractivity contribution in [3.05, 3.63) is 39.8 Å². The van der Waals surface area contributed by atoms with E-state index in [9.17, 15) is 0 Å². The Hall–Kier alpha value is -1.17. The Kier molecular flexibility index (Phi) is 3.38. The summed E-state index contributed by atoms with van der Waals surface area (Å²) in [5, 5.41) is 4.36. The molecule has 0 aromatic carbocycles. The van der Waals surface area contributed by atoms with Gasteiger partial charge in [-0.2, -0.15) is 5.10 Å². The van der Waals surface area contributed by atoms with Crippen LogP contribution in [0.4, 0.5) is 0 Å². The summed E-state index contributed by atoms with van der Waals surface area (Å²) >= 11 is 1.77. The Morgan fingerprint density at radius 3 is 2.81 bits per heavy atom. The molecule has 0 aliphatic carbocycles. The topological polar surface area (TPSA) is 55.9 Å². The quantitative estimate of drug-likeness (QED) is 0.625. The van der Waals surface area contributed by atoms with Crippen LogP contribution in [0.2, 0.25) is 0 Å². The molecule has 0 fully saturated rings. The van der Waals surface area contributed by atoms with Crippen molar-refractivity contribution >= 4 is 11.3 Å². The first-order valence-corrected chi connectivity index (χ1v) is 6.01. The van der Waals surface area contributed by atoms with E-state index in [0.717, 1.165) is 12.1 Å². The number of nitrogens with one attached hydrogen (secondary N) is 1. The second kappa shape index (κ2) is 4.78. The van der Waals surface area contributed by atoms with E-state index in [1.165, 1.54) is 9.75 Å². The third-order valence-electron chi connectivity index (χ3n) is 2.49. The number of thiophene rings is 1. The van der Waals surface area contributed by atoms with Crippen LogP contribution in [0.15, 0.2) is 24.4 Å². The van der Waals surface area contributed by atoms with Crippen LogP contribution < -0.4 is 11.3 Å². The average Bonchev–Trinajstić information content (AvgIpc) is 2.84. The molecule has 3 N–H and O–H groups in total. The molecule has 0 saturated heterocycles. The molecule has 0 aliphatic rings. The summed E-state index contributed by atoms with van der Waals surface area (Å²) in [5.41, 5.74) is 3.90. The molecular formula is C11H16N4S. The molecule has 2 aromatic heterocycles. The van der Waals surface area contributed by atoms with E-state index in [1.54, 1.807) is 11.3 Å². The van der Waals surface area contributed by atoms with Gasteiger partial charge in [0, 0.05) is 29.4 Å². The number of nitrogens with zero attached hydrogens (tertiary/aromatic N) is 2. The third-order valence-corrected chi connectivity index (χ3v) is 3.60. The third kappa shape index (κ3) is 2.49. The fourth-order valence-electron chi connectivity index (χ4n) is 1.66. The van der Waals surface area contributed by atoms with E-state index in [4.69, 9.17) is 5.84 Å². The predicted octanol–water partition coefficient (Wildman–Crippen LogP) is 1.54.